The number of hydrogen-bond acceptors (Lipinski definition) is 3. The minimum atomic E-state index is 0.592. The van der Waals surface area contributed by atoms with E-state index in [1.54, 1.807) is 12.4 Å². The first-order valence-corrected chi connectivity index (χ1v) is 4.64. The summed E-state index contributed by atoms with van der Waals surface area (Å²) >= 11 is 0. The van der Waals surface area contributed by atoms with Gasteiger partial charge in [0.2, 0.25) is 0 Å². The Labute approximate surface area is 87.6 Å². The van der Waals surface area contributed by atoms with Crippen molar-refractivity contribution in [1.82, 2.24) is 14.5 Å². The molecule has 4 heteroatoms. The lowest BCUT2D eigenvalue weighted by molar-refractivity contribution is 0.112. The van der Waals surface area contributed by atoms with E-state index in [4.69, 9.17) is 0 Å². The van der Waals surface area contributed by atoms with Crippen LogP contribution in [0.4, 0.5) is 0 Å². The summed E-state index contributed by atoms with van der Waals surface area (Å²) in [5.74, 6) is 1.69. The van der Waals surface area contributed by atoms with Crippen molar-refractivity contribution >= 4 is 6.29 Å². The van der Waals surface area contributed by atoms with E-state index in [0.29, 0.717) is 5.56 Å². The fraction of sp³-hybridized carbons (Fsp3) is 0.182. The summed E-state index contributed by atoms with van der Waals surface area (Å²) in [5.41, 5.74) is 1.55. The highest BCUT2D eigenvalue weighted by Gasteiger charge is 2.05. The first-order chi connectivity index (χ1) is 7.22. The van der Waals surface area contributed by atoms with Crippen molar-refractivity contribution in [3.63, 3.8) is 0 Å². The number of imidazole rings is 1. The van der Waals surface area contributed by atoms with E-state index >= 15 is 0 Å². The molecule has 4 nitrogen and oxygen atoms in total. The Morgan fingerprint density at radius 2 is 2.13 bits per heavy atom. The van der Waals surface area contributed by atoms with E-state index in [9.17, 15) is 4.79 Å². The maximum atomic E-state index is 10.6. The van der Waals surface area contributed by atoms with Crippen LogP contribution in [0.1, 0.15) is 21.7 Å². The maximum absolute atomic E-state index is 10.6. The molecule has 0 saturated heterocycles. The van der Waals surface area contributed by atoms with Gasteiger partial charge in [0.05, 0.1) is 0 Å². The molecular weight excluding hydrogens is 190 g/mol. The molecule has 76 valence electrons. The Hall–Kier alpha value is -1.97. The first-order valence-electron chi connectivity index (χ1n) is 4.64. The van der Waals surface area contributed by atoms with E-state index in [1.165, 1.54) is 0 Å². The molecule has 0 aliphatic heterocycles. The van der Waals surface area contributed by atoms with Crippen molar-refractivity contribution in [2.24, 2.45) is 0 Å². The number of carbonyl (C=O) groups excluding carboxylic acids is 1. The number of pyridine rings is 1. The first kappa shape index (κ1) is 9.58. The number of aromatic nitrogens is 3. The number of nitrogens with zero attached hydrogens (tertiary/aromatic N) is 3. The summed E-state index contributed by atoms with van der Waals surface area (Å²) in [5, 5.41) is 0. The van der Waals surface area contributed by atoms with Crippen LogP contribution in [-0.2, 0) is 0 Å². The molecule has 0 N–H and O–H groups in total. The van der Waals surface area contributed by atoms with Crippen molar-refractivity contribution in [2.45, 2.75) is 13.8 Å². The van der Waals surface area contributed by atoms with Crippen LogP contribution in [-0.4, -0.2) is 20.8 Å². The summed E-state index contributed by atoms with van der Waals surface area (Å²) < 4.78 is 1.89. The average molecular weight is 201 g/mol. The molecule has 0 aliphatic rings. The van der Waals surface area contributed by atoms with Crippen LogP contribution in [0, 0.1) is 13.8 Å². The van der Waals surface area contributed by atoms with Crippen LogP contribution in [0.5, 0.6) is 0 Å². The molecule has 2 heterocycles. The van der Waals surface area contributed by atoms with Gasteiger partial charge in [-0.25, -0.2) is 9.97 Å². The molecule has 0 fully saturated rings. The zero-order valence-corrected chi connectivity index (χ0v) is 8.64. The third-order valence-corrected chi connectivity index (χ3v) is 2.26. The van der Waals surface area contributed by atoms with Gasteiger partial charge in [-0.15, -0.1) is 0 Å². The highest BCUT2D eigenvalue weighted by atomic mass is 16.1. The summed E-state index contributed by atoms with van der Waals surface area (Å²) in [7, 11) is 0. The minimum Gasteiger partial charge on any atom is -0.298 e. The fourth-order valence-electron chi connectivity index (χ4n) is 1.51. The zero-order chi connectivity index (χ0) is 10.8. The maximum Gasteiger partial charge on any atom is 0.151 e. The molecule has 2 rings (SSSR count). The van der Waals surface area contributed by atoms with Gasteiger partial charge in [0, 0.05) is 24.2 Å². The van der Waals surface area contributed by atoms with Gasteiger partial charge in [-0.3, -0.25) is 9.36 Å². The van der Waals surface area contributed by atoms with Gasteiger partial charge in [-0.2, -0.15) is 0 Å². The van der Waals surface area contributed by atoms with E-state index < -0.39 is 0 Å². The average Bonchev–Trinajstić information content (AvgIpc) is 2.64. The van der Waals surface area contributed by atoms with E-state index in [1.807, 2.05) is 30.7 Å². The van der Waals surface area contributed by atoms with Crippen LogP contribution in [0.3, 0.4) is 0 Å². The lowest BCUT2D eigenvalue weighted by Gasteiger charge is -2.07. The van der Waals surface area contributed by atoms with Crippen LogP contribution in [0.25, 0.3) is 5.82 Å². The largest absolute Gasteiger partial charge is 0.298 e. The molecule has 0 amide bonds. The fourth-order valence-corrected chi connectivity index (χ4v) is 1.51. The summed E-state index contributed by atoms with van der Waals surface area (Å²) in [4.78, 5) is 18.9. The Morgan fingerprint density at radius 3 is 2.67 bits per heavy atom. The van der Waals surface area contributed by atoms with E-state index in [0.717, 1.165) is 23.5 Å². The Morgan fingerprint density at radius 1 is 1.33 bits per heavy atom. The minimum absolute atomic E-state index is 0.592. The number of hydrogen-bond donors (Lipinski definition) is 0. The zero-order valence-electron chi connectivity index (χ0n) is 8.64. The molecule has 0 bridgehead atoms. The smallest absolute Gasteiger partial charge is 0.151 e. The predicted molar refractivity (Wildman–Crippen MR) is 56.2 cm³/mol. The summed E-state index contributed by atoms with van der Waals surface area (Å²) in [6, 6.07) is 1.81. The van der Waals surface area contributed by atoms with Crippen molar-refractivity contribution in [1.29, 1.82) is 0 Å². The van der Waals surface area contributed by atoms with Gasteiger partial charge in [-0.05, 0) is 25.5 Å². The standard InChI is InChI=1S/C11H11N3O/c1-8-5-10(7-15)6-13-11(8)14-4-3-12-9(14)2/h3-7H,1-2H3. The highest BCUT2D eigenvalue weighted by Crippen LogP contribution is 2.13. The molecule has 2 aromatic rings. The van der Waals surface area contributed by atoms with Crippen LogP contribution >= 0.6 is 0 Å². The lowest BCUT2D eigenvalue weighted by Crippen LogP contribution is -2.02. The second-order valence-corrected chi connectivity index (χ2v) is 3.37. The summed E-state index contributed by atoms with van der Waals surface area (Å²) in [6.07, 6.45) is 5.94. The van der Waals surface area contributed by atoms with Gasteiger partial charge in [-0.1, -0.05) is 0 Å². The SMILES string of the molecule is Cc1cc(C=O)cnc1-n1ccnc1C. The molecular formula is C11H11N3O. The number of aryl methyl sites for hydroxylation is 2. The number of aldehydes is 1. The third kappa shape index (κ3) is 1.66. The van der Waals surface area contributed by atoms with E-state index in [-0.39, 0.29) is 0 Å². The number of carbonyl (C=O) groups is 1. The van der Waals surface area contributed by atoms with Crippen LogP contribution in [0.15, 0.2) is 24.7 Å². The van der Waals surface area contributed by atoms with Crippen molar-refractivity contribution < 1.29 is 4.79 Å². The normalized spacial score (nSPS) is 10.3. The molecule has 0 radical (unpaired) electrons. The molecule has 0 saturated carbocycles. The molecule has 2 aromatic heterocycles. The lowest BCUT2D eigenvalue weighted by atomic mass is 10.2. The number of rotatable bonds is 2. The Balaban J connectivity index is 2.55. The summed E-state index contributed by atoms with van der Waals surface area (Å²) in [6.45, 7) is 3.84. The van der Waals surface area contributed by atoms with Gasteiger partial charge < -0.3 is 0 Å². The monoisotopic (exact) mass is 201 g/mol. The van der Waals surface area contributed by atoms with Crippen molar-refractivity contribution in [2.75, 3.05) is 0 Å². The molecule has 0 unspecified atom stereocenters. The Kier molecular flexibility index (Phi) is 2.33. The molecule has 0 atom stereocenters. The quantitative estimate of drug-likeness (QED) is 0.695. The molecule has 0 aromatic carbocycles. The second kappa shape index (κ2) is 3.65. The van der Waals surface area contributed by atoms with E-state index in [2.05, 4.69) is 9.97 Å². The Bertz CT molecular complexity index is 502. The van der Waals surface area contributed by atoms with Gasteiger partial charge in [0.25, 0.3) is 0 Å². The topological polar surface area (TPSA) is 47.8 Å². The van der Waals surface area contributed by atoms with Crippen molar-refractivity contribution in [3.8, 4) is 5.82 Å². The molecule has 0 spiro atoms. The van der Waals surface area contributed by atoms with Gasteiger partial charge in [0.1, 0.15) is 11.6 Å². The van der Waals surface area contributed by atoms with Gasteiger partial charge >= 0.3 is 0 Å². The van der Waals surface area contributed by atoms with Crippen molar-refractivity contribution in [3.05, 3.63) is 41.6 Å². The second-order valence-electron chi connectivity index (χ2n) is 3.37. The highest BCUT2D eigenvalue weighted by molar-refractivity contribution is 5.74. The third-order valence-electron chi connectivity index (χ3n) is 2.26. The molecule has 15 heavy (non-hydrogen) atoms. The predicted octanol–water partition coefficient (Wildman–Crippen LogP) is 1.70. The van der Waals surface area contributed by atoms with Crippen LogP contribution < -0.4 is 0 Å². The molecule has 0 aliphatic carbocycles. The van der Waals surface area contributed by atoms with Gasteiger partial charge in [0.15, 0.2) is 6.29 Å². The van der Waals surface area contributed by atoms with Crippen LogP contribution in [0.2, 0.25) is 0 Å².